The van der Waals surface area contributed by atoms with Crippen LogP contribution in [0.2, 0.25) is 0 Å². The lowest BCUT2D eigenvalue weighted by Crippen LogP contribution is -2.48. The summed E-state index contributed by atoms with van der Waals surface area (Å²) >= 11 is 0. The van der Waals surface area contributed by atoms with Crippen LogP contribution in [0.25, 0.3) is 0 Å². The number of carbonyl (C=O) groups is 2. The zero-order chi connectivity index (χ0) is 15.3. The van der Waals surface area contributed by atoms with Crippen molar-refractivity contribution in [2.75, 3.05) is 0 Å². The van der Waals surface area contributed by atoms with Crippen molar-refractivity contribution >= 4 is 17.6 Å². The minimum absolute atomic E-state index is 0.171. The molecule has 0 spiro atoms. The van der Waals surface area contributed by atoms with Crippen LogP contribution in [0.1, 0.15) is 12.5 Å². The molecule has 0 bridgehead atoms. The van der Waals surface area contributed by atoms with Gasteiger partial charge in [0.2, 0.25) is 5.91 Å². The highest BCUT2D eigenvalue weighted by Crippen LogP contribution is 2.18. The van der Waals surface area contributed by atoms with Crippen molar-refractivity contribution in [3.63, 3.8) is 0 Å². The van der Waals surface area contributed by atoms with Gasteiger partial charge in [-0.15, -0.1) is 0 Å². The summed E-state index contributed by atoms with van der Waals surface area (Å²) in [5.74, 6) is -2.09. The van der Waals surface area contributed by atoms with Crippen molar-refractivity contribution in [1.29, 1.82) is 0 Å². The van der Waals surface area contributed by atoms with Gasteiger partial charge in [0.15, 0.2) is 6.04 Å². The quantitative estimate of drug-likeness (QED) is 0.500. The number of hydrogen-bond acceptors (Lipinski definition) is 5. The van der Waals surface area contributed by atoms with E-state index in [1.165, 1.54) is 25.1 Å². The number of benzene rings is 1. The van der Waals surface area contributed by atoms with E-state index in [9.17, 15) is 24.8 Å². The zero-order valence-corrected chi connectivity index (χ0v) is 10.6. The summed E-state index contributed by atoms with van der Waals surface area (Å²) in [6.07, 6.45) is -1.62. The van der Waals surface area contributed by atoms with E-state index >= 15 is 0 Å². The summed E-state index contributed by atoms with van der Waals surface area (Å²) < 4.78 is 0. The number of nitrogens with zero attached hydrogens (tertiary/aromatic N) is 1. The average Bonchev–Trinajstić information content (AvgIpc) is 2.35. The molecule has 1 amide bonds. The van der Waals surface area contributed by atoms with Crippen LogP contribution < -0.4 is 5.32 Å². The minimum Gasteiger partial charge on any atom is -0.480 e. The summed E-state index contributed by atoms with van der Waals surface area (Å²) in [5, 5.41) is 31.0. The molecule has 20 heavy (non-hydrogen) atoms. The van der Waals surface area contributed by atoms with Crippen LogP contribution in [0.5, 0.6) is 0 Å². The van der Waals surface area contributed by atoms with Crippen LogP contribution in [0.4, 0.5) is 5.69 Å². The van der Waals surface area contributed by atoms with E-state index in [0.717, 1.165) is 0 Å². The molecular weight excluding hydrogens is 268 g/mol. The highest BCUT2D eigenvalue weighted by atomic mass is 16.6. The first-order chi connectivity index (χ1) is 9.32. The summed E-state index contributed by atoms with van der Waals surface area (Å²) in [6.45, 7) is 1.23. The SMILES string of the molecule is C[C@@H](O)[C@H](NC(=O)Cc1ccccc1[N+](=O)[O-])C(=O)O. The number of nitro groups is 1. The Labute approximate surface area is 114 Å². The Morgan fingerprint density at radius 1 is 1.40 bits per heavy atom. The number of nitrogens with one attached hydrogen (secondary N) is 1. The molecule has 0 radical (unpaired) electrons. The Bertz CT molecular complexity index is 528. The normalized spacial score (nSPS) is 13.3. The molecule has 3 N–H and O–H groups in total. The first kappa shape index (κ1) is 15.6. The number of aliphatic carboxylic acids is 1. The molecule has 0 aliphatic carbocycles. The molecule has 1 rings (SSSR count). The molecule has 108 valence electrons. The van der Waals surface area contributed by atoms with Gasteiger partial charge in [0.1, 0.15) is 0 Å². The van der Waals surface area contributed by atoms with Gasteiger partial charge in [-0.3, -0.25) is 14.9 Å². The van der Waals surface area contributed by atoms with E-state index in [0.29, 0.717) is 0 Å². The van der Waals surface area contributed by atoms with E-state index in [4.69, 9.17) is 5.11 Å². The Hall–Kier alpha value is -2.48. The van der Waals surface area contributed by atoms with E-state index in [1.54, 1.807) is 6.07 Å². The first-order valence-electron chi connectivity index (χ1n) is 5.75. The van der Waals surface area contributed by atoms with Crippen LogP contribution in [0, 0.1) is 10.1 Å². The number of aliphatic hydroxyl groups excluding tert-OH is 1. The summed E-state index contributed by atoms with van der Waals surface area (Å²) in [5.41, 5.74) is -0.0451. The molecule has 1 aromatic rings. The lowest BCUT2D eigenvalue weighted by Gasteiger charge is -2.16. The van der Waals surface area contributed by atoms with Gasteiger partial charge in [-0.25, -0.2) is 4.79 Å². The minimum atomic E-state index is -1.45. The fraction of sp³-hybridized carbons (Fsp3) is 0.333. The fourth-order valence-electron chi connectivity index (χ4n) is 1.62. The lowest BCUT2D eigenvalue weighted by molar-refractivity contribution is -0.385. The predicted molar refractivity (Wildman–Crippen MR) is 68.0 cm³/mol. The predicted octanol–water partition coefficient (Wildman–Crippen LogP) is 0.0875. The number of rotatable bonds is 6. The number of nitro benzene ring substituents is 1. The number of para-hydroxylation sites is 1. The third-order valence-electron chi connectivity index (χ3n) is 2.60. The van der Waals surface area contributed by atoms with Gasteiger partial charge in [-0.1, -0.05) is 18.2 Å². The van der Waals surface area contributed by atoms with E-state index in [2.05, 4.69) is 5.32 Å². The zero-order valence-electron chi connectivity index (χ0n) is 10.6. The standard InChI is InChI=1S/C12H14N2O6/c1-7(15)11(12(17)18)13-10(16)6-8-4-2-3-5-9(8)14(19)20/h2-5,7,11,15H,6H2,1H3,(H,13,16)(H,17,18)/t7-,11+/m1/s1. The van der Waals surface area contributed by atoms with Crippen molar-refractivity contribution in [3.05, 3.63) is 39.9 Å². The number of carboxylic acid groups (broad SMARTS) is 1. The second kappa shape index (κ2) is 6.62. The Balaban J connectivity index is 2.81. The lowest BCUT2D eigenvalue weighted by atomic mass is 10.1. The third-order valence-corrected chi connectivity index (χ3v) is 2.60. The monoisotopic (exact) mass is 282 g/mol. The molecule has 0 heterocycles. The van der Waals surface area contributed by atoms with Gasteiger partial charge in [0.05, 0.1) is 17.4 Å². The molecule has 8 nitrogen and oxygen atoms in total. The third kappa shape index (κ3) is 4.02. The summed E-state index contributed by atoms with van der Waals surface area (Å²) in [7, 11) is 0. The first-order valence-corrected chi connectivity index (χ1v) is 5.75. The molecule has 0 fully saturated rings. The van der Waals surface area contributed by atoms with Gasteiger partial charge in [0, 0.05) is 11.6 Å². The number of carboxylic acids is 1. The molecule has 0 saturated carbocycles. The molecule has 0 saturated heterocycles. The van der Waals surface area contributed by atoms with E-state index in [-0.39, 0.29) is 17.7 Å². The maximum atomic E-state index is 11.7. The van der Waals surface area contributed by atoms with Crippen LogP contribution in [0.3, 0.4) is 0 Å². The Morgan fingerprint density at radius 3 is 2.50 bits per heavy atom. The summed E-state index contributed by atoms with van der Waals surface area (Å²) in [4.78, 5) is 32.7. The number of amides is 1. The van der Waals surface area contributed by atoms with Gasteiger partial charge >= 0.3 is 5.97 Å². The second-order valence-electron chi connectivity index (χ2n) is 4.19. The van der Waals surface area contributed by atoms with Gasteiger partial charge in [-0.05, 0) is 6.92 Å². The van der Waals surface area contributed by atoms with Crippen LogP contribution in [0.15, 0.2) is 24.3 Å². The van der Waals surface area contributed by atoms with Crippen molar-refractivity contribution in [2.45, 2.75) is 25.5 Å². The van der Waals surface area contributed by atoms with E-state index in [1.807, 2.05) is 0 Å². The van der Waals surface area contributed by atoms with Gasteiger partial charge in [-0.2, -0.15) is 0 Å². The molecular formula is C12H14N2O6. The maximum absolute atomic E-state index is 11.7. The van der Waals surface area contributed by atoms with Crippen LogP contribution >= 0.6 is 0 Å². The van der Waals surface area contributed by atoms with Gasteiger partial charge in [0.25, 0.3) is 5.69 Å². The smallest absolute Gasteiger partial charge is 0.328 e. The molecule has 2 atom stereocenters. The summed E-state index contributed by atoms with van der Waals surface area (Å²) in [6, 6.07) is 4.22. The number of aliphatic hydroxyl groups is 1. The Morgan fingerprint density at radius 2 is 2.00 bits per heavy atom. The van der Waals surface area contributed by atoms with Crippen molar-refractivity contribution < 1.29 is 24.7 Å². The van der Waals surface area contributed by atoms with Crippen LogP contribution in [-0.4, -0.2) is 39.2 Å². The highest BCUT2D eigenvalue weighted by Gasteiger charge is 2.25. The van der Waals surface area contributed by atoms with Crippen LogP contribution in [-0.2, 0) is 16.0 Å². The largest absolute Gasteiger partial charge is 0.480 e. The topological polar surface area (TPSA) is 130 Å². The van der Waals surface area contributed by atoms with E-state index < -0.39 is 28.9 Å². The molecule has 1 aromatic carbocycles. The van der Waals surface area contributed by atoms with Crippen molar-refractivity contribution in [1.82, 2.24) is 5.32 Å². The molecule has 8 heteroatoms. The van der Waals surface area contributed by atoms with Crippen molar-refractivity contribution in [3.8, 4) is 0 Å². The fourth-order valence-corrected chi connectivity index (χ4v) is 1.62. The number of hydrogen-bond donors (Lipinski definition) is 3. The number of carbonyl (C=O) groups excluding carboxylic acids is 1. The second-order valence-corrected chi connectivity index (χ2v) is 4.19. The molecule has 0 aromatic heterocycles. The van der Waals surface area contributed by atoms with Gasteiger partial charge < -0.3 is 15.5 Å². The molecule has 0 aliphatic heterocycles. The maximum Gasteiger partial charge on any atom is 0.328 e. The molecule has 0 unspecified atom stereocenters. The van der Waals surface area contributed by atoms with Crippen molar-refractivity contribution in [2.24, 2.45) is 0 Å². The molecule has 0 aliphatic rings. The average molecular weight is 282 g/mol. The highest BCUT2D eigenvalue weighted by molar-refractivity contribution is 5.85. The Kier molecular flexibility index (Phi) is 5.15.